The standard InChI is InChI=1S/C18H20ClNO4S/c1-4-5-9-24-18(22)20-16-15(17(21)23-3)14(11(2)25-16)12-7-6-8-13(19)10-12/h6-8,10H,4-5,9H2,1-3H3,(H,20,22). The van der Waals surface area contributed by atoms with Crippen molar-refractivity contribution in [3.8, 4) is 11.1 Å². The Morgan fingerprint density at radius 2 is 2.08 bits per heavy atom. The third-order valence-corrected chi connectivity index (χ3v) is 4.79. The Balaban J connectivity index is 2.39. The number of ether oxygens (including phenoxy) is 2. The van der Waals surface area contributed by atoms with Crippen molar-refractivity contribution in [1.29, 1.82) is 0 Å². The van der Waals surface area contributed by atoms with E-state index in [9.17, 15) is 9.59 Å². The van der Waals surface area contributed by atoms with Crippen molar-refractivity contribution in [3.05, 3.63) is 39.7 Å². The molecule has 0 fully saturated rings. The molecule has 1 N–H and O–H groups in total. The van der Waals surface area contributed by atoms with Crippen LogP contribution >= 0.6 is 22.9 Å². The molecule has 5 nitrogen and oxygen atoms in total. The van der Waals surface area contributed by atoms with Crippen LogP contribution in [-0.4, -0.2) is 25.8 Å². The van der Waals surface area contributed by atoms with Crippen molar-refractivity contribution in [2.75, 3.05) is 19.0 Å². The van der Waals surface area contributed by atoms with Crippen LogP contribution in [0.4, 0.5) is 9.80 Å². The first kappa shape index (κ1) is 19.3. The van der Waals surface area contributed by atoms with E-state index in [1.807, 2.05) is 26.0 Å². The summed E-state index contributed by atoms with van der Waals surface area (Å²) in [6.07, 6.45) is 1.13. The van der Waals surface area contributed by atoms with E-state index in [1.165, 1.54) is 18.4 Å². The Hall–Kier alpha value is -2.05. The first-order valence-electron chi connectivity index (χ1n) is 7.89. The highest BCUT2D eigenvalue weighted by atomic mass is 35.5. The number of carbonyl (C=O) groups excluding carboxylic acids is 2. The van der Waals surface area contributed by atoms with Crippen LogP contribution in [0.15, 0.2) is 24.3 Å². The summed E-state index contributed by atoms with van der Waals surface area (Å²) in [6, 6.07) is 7.19. The van der Waals surface area contributed by atoms with Crippen LogP contribution in [-0.2, 0) is 9.47 Å². The molecule has 2 rings (SSSR count). The van der Waals surface area contributed by atoms with E-state index in [0.29, 0.717) is 27.8 Å². The lowest BCUT2D eigenvalue weighted by Crippen LogP contribution is -2.16. The fourth-order valence-electron chi connectivity index (χ4n) is 2.36. The minimum Gasteiger partial charge on any atom is -0.465 e. The van der Waals surface area contributed by atoms with E-state index in [0.717, 1.165) is 23.3 Å². The number of halogens is 1. The summed E-state index contributed by atoms with van der Waals surface area (Å²) in [4.78, 5) is 25.2. The van der Waals surface area contributed by atoms with E-state index in [1.54, 1.807) is 12.1 Å². The van der Waals surface area contributed by atoms with Crippen molar-refractivity contribution in [2.24, 2.45) is 0 Å². The van der Waals surface area contributed by atoms with Gasteiger partial charge in [-0.3, -0.25) is 5.32 Å². The van der Waals surface area contributed by atoms with Gasteiger partial charge in [0, 0.05) is 15.5 Å². The van der Waals surface area contributed by atoms with Gasteiger partial charge in [-0.05, 0) is 31.0 Å². The molecule has 134 valence electrons. The van der Waals surface area contributed by atoms with E-state index in [-0.39, 0.29) is 0 Å². The second kappa shape index (κ2) is 8.87. The molecule has 0 saturated carbocycles. The third-order valence-electron chi connectivity index (χ3n) is 3.53. The van der Waals surface area contributed by atoms with Gasteiger partial charge in [0.2, 0.25) is 0 Å². The molecular formula is C18H20ClNO4S. The summed E-state index contributed by atoms with van der Waals surface area (Å²) in [5.74, 6) is -0.525. The highest BCUT2D eigenvalue weighted by Crippen LogP contribution is 2.41. The largest absolute Gasteiger partial charge is 0.465 e. The molecule has 1 aromatic carbocycles. The lowest BCUT2D eigenvalue weighted by molar-refractivity contribution is 0.0603. The number of unbranched alkanes of at least 4 members (excludes halogenated alkanes) is 1. The molecule has 1 amide bonds. The average Bonchev–Trinajstić information content (AvgIpc) is 2.90. The molecule has 1 heterocycles. The fourth-order valence-corrected chi connectivity index (χ4v) is 3.60. The molecule has 1 aromatic heterocycles. The number of thiophene rings is 1. The van der Waals surface area contributed by atoms with Crippen molar-refractivity contribution in [2.45, 2.75) is 26.7 Å². The summed E-state index contributed by atoms with van der Waals surface area (Å²) < 4.78 is 10.0. The van der Waals surface area contributed by atoms with Gasteiger partial charge in [0.25, 0.3) is 0 Å². The predicted octanol–water partition coefficient (Wildman–Crippen LogP) is 5.51. The van der Waals surface area contributed by atoms with Gasteiger partial charge in [0.05, 0.1) is 13.7 Å². The number of nitrogens with one attached hydrogen (secondary N) is 1. The van der Waals surface area contributed by atoms with Crippen LogP contribution < -0.4 is 5.32 Å². The van der Waals surface area contributed by atoms with Crippen molar-refractivity contribution >= 4 is 40.0 Å². The van der Waals surface area contributed by atoms with Gasteiger partial charge in [0.1, 0.15) is 10.6 Å². The maximum Gasteiger partial charge on any atom is 0.412 e. The van der Waals surface area contributed by atoms with Crippen molar-refractivity contribution in [1.82, 2.24) is 0 Å². The third kappa shape index (κ3) is 4.74. The van der Waals surface area contributed by atoms with E-state index < -0.39 is 12.1 Å². The maximum absolute atomic E-state index is 12.3. The minimum atomic E-state index is -0.586. The number of hydrogen-bond acceptors (Lipinski definition) is 5. The Morgan fingerprint density at radius 1 is 1.32 bits per heavy atom. The molecule has 0 atom stereocenters. The summed E-state index contributed by atoms with van der Waals surface area (Å²) in [7, 11) is 1.31. The molecule has 0 aliphatic heterocycles. The molecule has 7 heteroatoms. The van der Waals surface area contributed by atoms with Crippen LogP contribution in [0.1, 0.15) is 35.0 Å². The molecule has 0 unspecified atom stereocenters. The molecule has 0 spiro atoms. The Labute approximate surface area is 155 Å². The summed E-state index contributed by atoms with van der Waals surface area (Å²) in [5, 5.41) is 3.62. The lowest BCUT2D eigenvalue weighted by Gasteiger charge is -2.09. The van der Waals surface area contributed by atoms with E-state index >= 15 is 0 Å². The summed E-state index contributed by atoms with van der Waals surface area (Å²) in [6.45, 7) is 4.22. The van der Waals surface area contributed by atoms with Crippen LogP contribution in [0.25, 0.3) is 11.1 Å². The van der Waals surface area contributed by atoms with Crippen molar-refractivity contribution in [3.63, 3.8) is 0 Å². The van der Waals surface area contributed by atoms with Crippen LogP contribution in [0.2, 0.25) is 5.02 Å². The van der Waals surface area contributed by atoms with Crippen molar-refractivity contribution < 1.29 is 19.1 Å². The topological polar surface area (TPSA) is 64.6 Å². The smallest absolute Gasteiger partial charge is 0.412 e. The number of methoxy groups -OCH3 is 1. The van der Waals surface area contributed by atoms with Gasteiger partial charge < -0.3 is 9.47 Å². The summed E-state index contributed by atoms with van der Waals surface area (Å²) in [5.41, 5.74) is 1.79. The first-order chi connectivity index (χ1) is 12.0. The highest BCUT2D eigenvalue weighted by molar-refractivity contribution is 7.17. The maximum atomic E-state index is 12.3. The van der Waals surface area contributed by atoms with Gasteiger partial charge in [-0.1, -0.05) is 37.1 Å². The predicted molar refractivity (Wildman–Crippen MR) is 101 cm³/mol. The van der Waals surface area contributed by atoms with Crippen LogP contribution in [0.3, 0.4) is 0 Å². The molecular weight excluding hydrogens is 362 g/mol. The van der Waals surface area contributed by atoms with Crippen LogP contribution in [0, 0.1) is 6.92 Å². The Bertz CT molecular complexity index is 772. The molecule has 0 aliphatic carbocycles. The summed E-state index contributed by atoms with van der Waals surface area (Å²) >= 11 is 7.37. The molecule has 0 radical (unpaired) electrons. The Kier molecular flexibility index (Phi) is 6.84. The number of carbonyl (C=O) groups is 2. The normalized spacial score (nSPS) is 10.4. The highest BCUT2D eigenvalue weighted by Gasteiger charge is 2.25. The monoisotopic (exact) mass is 381 g/mol. The average molecular weight is 382 g/mol. The molecule has 0 saturated heterocycles. The SMILES string of the molecule is CCCCOC(=O)Nc1sc(C)c(-c2cccc(Cl)c2)c1C(=O)OC. The van der Waals surface area contributed by atoms with Gasteiger partial charge in [0.15, 0.2) is 0 Å². The number of hydrogen-bond donors (Lipinski definition) is 1. The van der Waals surface area contributed by atoms with E-state index in [2.05, 4.69) is 5.32 Å². The van der Waals surface area contributed by atoms with Gasteiger partial charge in [-0.15, -0.1) is 11.3 Å². The quantitative estimate of drug-likeness (QED) is 0.529. The Morgan fingerprint density at radius 3 is 2.72 bits per heavy atom. The number of anilines is 1. The molecule has 0 aliphatic rings. The second-order valence-corrected chi connectivity index (χ2v) is 7.01. The zero-order valence-electron chi connectivity index (χ0n) is 14.3. The number of aryl methyl sites for hydroxylation is 1. The first-order valence-corrected chi connectivity index (χ1v) is 9.08. The fraction of sp³-hybridized carbons (Fsp3) is 0.333. The molecule has 25 heavy (non-hydrogen) atoms. The lowest BCUT2D eigenvalue weighted by atomic mass is 10.0. The number of amides is 1. The zero-order chi connectivity index (χ0) is 18.4. The van der Waals surface area contributed by atoms with Crippen LogP contribution in [0.5, 0.6) is 0 Å². The number of benzene rings is 1. The minimum absolute atomic E-state index is 0.305. The molecule has 2 aromatic rings. The van der Waals surface area contributed by atoms with Gasteiger partial charge in [-0.2, -0.15) is 0 Å². The van der Waals surface area contributed by atoms with Gasteiger partial charge >= 0.3 is 12.1 Å². The number of rotatable bonds is 6. The molecule has 0 bridgehead atoms. The van der Waals surface area contributed by atoms with Gasteiger partial charge in [-0.25, -0.2) is 9.59 Å². The van der Waals surface area contributed by atoms with E-state index in [4.69, 9.17) is 21.1 Å². The zero-order valence-corrected chi connectivity index (χ0v) is 15.9. The number of esters is 1. The second-order valence-electron chi connectivity index (χ2n) is 5.35.